The zero-order valence-electron chi connectivity index (χ0n) is 15.8. The summed E-state index contributed by atoms with van der Waals surface area (Å²) in [5.74, 6) is 0. The van der Waals surface area contributed by atoms with E-state index in [0.29, 0.717) is 17.5 Å². The number of likely N-dealkylation sites (tertiary alicyclic amines) is 1. The second-order valence-electron chi connectivity index (χ2n) is 9.01. The van der Waals surface area contributed by atoms with E-state index in [2.05, 4.69) is 19.2 Å². The second-order valence-corrected chi connectivity index (χ2v) is 9.01. The highest BCUT2D eigenvalue weighted by atomic mass is 16.6. The Hall–Kier alpha value is -0.770. The molecule has 2 unspecified atom stereocenters. The lowest BCUT2D eigenvalue weighted by Crippen LogP contribution is -2.43. The fraction of sp³-hybridized carbons (Fsp3) is 0.947. The SMILES string of the molecule is CC(CC1CCCN1C(=O)OC(C)(C)C)NCC1(C)CCCC1. The summed E-state index contributed by atoms with van der Waals surface area (Å²) in [4.78, 5) is 14.3. The molecule has 134 valence electrons. The molecule has 2 aliphatic rings. The standard InChI is InChI=1S/C19H36N2O2/c1-15(20-14-19(5)10-6-7-11-19)13-16-9-8-12-21(16)17(22)23-18(2,3)4/h15-16,20H,6-14H2,1-5H3. The highest BCUT2D eigenvalue weighted by molar-refractivity contribution is 5.68. The lowest BCUT2D eigenvalue weighted by atomic mass is 9.88. The average molecular weight is 325 g/mol. The molecular formula is C19H36N2O2. The van der Waals surface area contributed by atoms with Gasteiger partial charge in [0.1, 0.15) is 5.60 Å². The van der Waals surface area contributed by atoms with Crippen molar-refractivity contribution in [2.75, 3.05) is 13.1 Å². The number of nitrogens with one attached hydrogen (secondary N) is 1. The van der Waals surface area contributed by atoms with E-state index in [-0.39, 0.29) is 6.09 Å². The minimum Gasteiger partial charge on any atom is -0.444 e. The van der Waals surface area contributed by atoms with Crippen LogP contribution in [0.5, 0.6) is 0 Å². The van der Waals surface area contributed by atoms with Crippen LogP contribution in [0.1, 0.15) is 79.6 Å². The van der Waals surface area contributed by atoms with Crippen LogP contribution in [0, 0.1) is 5.41 Å². The number of rotatable bonds is 5. The van der Waals surface area contributed by atoms with Gasteiger partial charge in [-0.1, -0.05) is 19.8 Å². The van der Waals surface area contributed by atoms with Crippen molar-refractivity contribution in [3.05, 3.63) is 0 Å². The molecule has 1 amide bonds. The number of carbonyl (C=O) groups excluding carboxylic acids is 1. The lowest BCUT2D eigenvalue weighted by Gasteiger charge is -2.31. The molecule has 0 aromatic rings. The summed E-state index contributed by atoms with van der Waals surface area (Å²) in [6, 6.07) is 0.768. The van der Waals surface area contributed by atoms with E-state index in [1.54, 1.807) is 0 Å². The highest BCUT2D eigenvalue weighted by Crippen LogP contribution is 2.37. The predicted molar refractivity (Wildman–Crippen MR) is 94.6 cm³/mol. The molecular weight excluding hydrogens is 288 g/mol. The zero-order chi connectivity index (χ0) is 17.1. The van der Waals surface area contributed by atoms with Gasteiger partial charge in [0.15, 0.2) is 0 Å². The Morgan fingerprint density at radius 1 is 1.30 bits per heavy atom. The molecule has 1 saturated carbocycles. The molecule has 1 heterocycles. The molecule has 4 heteroatoms. The first-order valence-corrected chi connectivity index (χ1v) is 9.42. The van der Waals surface area contributed by atoms with Gasteiger partial charge in [-0.3, -0.25) is 0 Å². The highest BCUT2D eigenvalue weighted by Gasteiger charge is 2.34. The van der Waals surface area contributed by atoms with Gasteiger partial charge in [-0.2, -0.15) is 0 Å². The molecule has 1 N–H and O–H groups in total. The molecule has 0 aromatic heterocycles. The van der Waals surface area contributed by atoms with Gasteiger partial charge in [-0.05, 0) is 65.2 Å². The molecule has 4 nitrogen and oxygen atoms in total. The summed E-state index contributed by atoms with van der Waals surface area (Å²) in [6.07, 6.45) is 8.52. The maximum absolute atomic E-state index is 12.4. The Labute approximate surface area is 142 Å². The fourth-order valence-corrected chi connectivity index (χ4v) is 3.96. The second kappa shape index (κ2) is 7.42. The number of nitrogens with zero attached hydrogens (tertiary/aromatic N) is 1. The topological polar surface area (TPSA) is 41.6 Å². The monoisotopic (exact) mass is 324 g/mol. The van der Waals surface area contributed by atoms with Crippen LogP contribution in [0.4, 0.5) is 4.79 Å². The average Bonchev–Trinajstić information content (AvgIpc) is 3.04. The molecule has 2 fully saturated rings. The minimum atomic E-state index is -0.412. The number of hydrogen-bond donors (Lipinski definition) is 1. The van der Waals surface area contributed by atoms with Gasteiger partial charge in [0, 0.05) is 25.2 Å². The summed E-state index contributed by atoms with van der Waals surface area (Å²) < 4.78 is 5.56. The Kier molecular flexibility index (Phi) is 5.99. The van der Waals surface area contributed by atoms with E-state index >= 15 is 0 Å². The van der Waals surface area contributed by atoms with Gasteiger partial charge in [0.05, 0.1) is 0 Å². The molecule has 2 atom stereocenters. The van der Waals surface area contributed by atoms with E-state index < -0.39 is 5.60 Å². The van der Waals surface area contributed by atoms with Gasteiger partial charge in [0.2, 0.25) is 0 Å². The van der Waals surface area contributed by atoms with Crippen molar-refractivity contribution in [1.82, 2.24) is 10.2 Å². The van der Waals surface area contributed by atoms with E-state index in [0.717, 1.165) is 32.4 Å². The maximum atomic E-state index is 12.4. The first-order valence-electron chi connectivity index (χ1n) is 9.42. The summed E-state index contributed by atoms with van der Waals surface area (Å²) in [5.41, 5.74) is 0.0694. The molecule has 0 aromatic carbocycles. The van der Waals surface area contributed by atoms with Crippen LogP contribution in [0.2, 0.25) is 0 Å². The molecule has 0 bridgehead atoms. The van der Waals surface area contributed by atoms with Crippen LogP contribution >= 0.6 is 0 Å². The Bertz CT molecular complexity index is 397. The number of ether oxygens (including phenoxy) is 1. The van der Waals surface area contributed by atoms with E-state index in [1.165, 1.54) is 25.7 Å². The Morgan fingerprint density at radius 3 is 2.57 bits per heavy atom. The minimum absolute atomic E-state index is 0.144. The van der Waals surface area contributed by atoms with Gasteiger partial charge in [0.25, 0.3) is 0 Å². The third-order valence-electron chi connectivity index (χ3n) is 5.32. The number of hydrogen-bond acceptors (Lipinski definition) is 3. The zero-order valence-corrected chi connectivity index (χ0v) is 15.8. The van der Waals surface area contributed by atoms with Crippen molar-refractivity contribution in [3.63, 3.8) is 0 Å². The molecule has 0 radical (unpaired) electrons. The van der Waals surface area contributed by atoms with Crippen molar-refractivity contribution in [1.29, 1.82) is 0 Å². The molecule has 1 saturated heterocycles. The van der Waals surface area contributed by atoms with Crippen molar-refractivity contribution in [3.8, 4) is 0 Å². The largest absolute Gasteiger partial charge is 0.444 e. The normalized spacial score (nSPS) is 25.6. The molecule has 0 spiro atoms. The van der Waals surface area contributed by atoms with Crippen molar-refractivity contribution >= 4 is 6.09 Å². The molecule has 2 rings (SSSR count). The third-order valence-corrected chi connectivity index (χ3v) is 5.32. The fourth-order valence-electron chi connectivity index (χ4n) is 3.96. The van der Waals surface area contributed by atoms with Gasteiger partial charge in [-0.15, -0.1) is 0 Å². The van der Waals surface area contributed by atoms with Crippen LogP contribution < -0.4 is 5.32 Å². The van der Waals surface area contributed by atoms with Gasteiger partial charge in [-0.25, -0.2) is 4.79 Å². The van der Waals surface area contributed by atoms with Crippen LogP contribution in [0.3, 0.4) is 0 Å². The quantitative estimate of drug-likeness (QED) is 0.818. The van der Waals surface area contributed by atoms with E-state index in [4.69, 9.17) is 4.74 Å². The number of carbonyl (C=O) groups is 1. The van der Waals surface area contributed by atoms with Gasteiger partial charge >= 0.3 is 6.09 Å². The summed E-state index contributed by atoms with van der Waals surface area (Å²) >= 11 is 0. The first kappa shape index (κ1) is 18.6. The molecule has 1 aliphatic heterocycles. The van der Waals surface area contributed by atoms with Crippen LogP contribution in [0.25, 0.3) is 0 Å². The van der Waals surface area contributed by atoms with Crippen molar-refractivity contribution < 1.29 is 9.53 Å². The Balaban J connectivity index is 1.79. The van der Waals surface area contributed by atoms with Crippen molar-refractivity contribution in [2.24, 2.45) is 5.41 Å². The smallest absolute Gasteiger partial charge is 0.410 e. The third kappa shape index (κ3) is 5.66. The van der Waals surface area contributed by atoms with E-state index in [1.807, 2.05) is 25.7 Å². The first-order chi connectivity index (χ1) is 10.7. The summed E-state index contributed by atoms with van der Waals surface area (Å²) in [5, 5.41) is 3.72. The van der Waals surface area contributed by atoms with Crippen LogP contribution in [-0.4, -0.2) is 41.8 Å². The molecule has 1 aliphatic carbocycles. The van der Waals surface area contributed by atoms with Crippen molar-refractivity contribution in [2.45, 2.75) is 97.2 Å². The van der Waals surface area contributed by atoms with Gasteiger partial charge < -0.3 is 15.0 Å². The summed E-state index contributed by atoms with van der Waals surface area (Å²) in [7, 11) is 0. The van der Waals surface area contributed by atoms with Crippen LogP contribution in [-0.2, 0) is 4.74 Å². The lowest BCUT2D eigenvalue weighted by molar-refractivity contribution is 0.0214. The predicted octanol–water partition coefficient (Wildman–Crippen LogP) is 4.33. The molecule has 23 heavy (non-hydrogen) atoms. The van der Waals surface area contributed by atoms with E-state index in [9.17, 15) is 4.79 Å². The summed E-state index contributed by atoms with van der Waals surface area (Å²) in [6.45, 7) is 12.4. The maximum Gasteiger partial charge on any atom is 0.410 e. The van der Waals surface area contributed by atoms with Crippen LogP contribution in [0.15, 0.2) is 0 Å². The number of amides is 1. The Morgan fingerprint density at radius 2 is 1.96 bits per heavy atom.